The molecular formula is C13H25N. The first kappa shape index (κ1) is 10.5. The van der Waals surface area contributed by atoms with Gasteiger partial charge in [0.2, 0.25) is 0 Å². The normalized spacial score (nSPS) is 39.4. The van der Waals surface area contributed by atoms with Gasteiger partial charge < -0.3 is 5.32 Å². The van der Waals surface area contributed by atoms with Crippen LogP contribution in [0.3, 0.4) is 0 Å². The Bertz CT molecular complexity index is 174. The Morgan fingerprint density at radius 3 is 2.43 bits per heavy atom. The molecule has 0 aliphatic heterocycles. The van der Waals surface area contributed by atoms with E-state index in [0.717, 1.165) is 23.8 Å². The zero-order valence-electron chi connectivity index (χ0n) is 9.76. The van der Waals surface area contributed by atoms with Gasteiger partial charge >= 0.3 is 0 Å². The highest BCUT2D eigenvalue weighted by Gasteiger charge is 2.26. The summed E-state index contributed by atoms with van der Waals surface area (Å²) in [5, 5.41) is 3.79. The van der Waals surface area contributed by atoms with E-state index in [1.807, 2.05) is 0 Å². The highest BCUT2D eigenvalue weighted by atomic mass is 14.9. The molecule has 0 aromatic heterocycles. The molecule has 0 saturated heterocycles. The van der Waals surface area contributed by atoms with Crippen LogP contribution in [0.15, 0.2) is 0 Å². The summed E-state index contributed by atoms with van der Waals surface area (Å²) in [5.74, 6) is 2.88. The Morgan fingerprint density at radius 1 is 1.07 bits per heavy atom. The third-order valence-corrected chi connectivity index (χ3v) is 4.32. The van der Waals surface area contributed by atoms with Crippen molar-refractivity contribution in [1.82, 2.24) is 5.32 Å². The lowest BCUT2D eigenvalue weighted by Gasteiger charge is -2.35. The summed E-state index contributed by atoms with van der Waals surface area (Å²) in [5.41, 5.74) is 0. The van der Waals surface area contributed by atoms with Gasteiger partial charge in [-0.25, -0.2) is 0 Å². The molecule has 1 nitrogen and oxygen atoms in total. The molecule has 2 rings (SSSR count). The van der Waals surface area contributed by atoms with E-state index >= 15 is 0 Å². The first-order valence-corrected chi connectivity index (χ1v) is 6.49. The van der Waals surface area contributed by atoms with Crippen LogP contribution < -0.4 is 5.32 Å². The zero-order chi connectivity index (χ0) is 9.97. The predicted octanol–water partition coefficient (Wildman–Crippen LogP) is 3.20. The third-order valence-electron chi connectivity index (χ3n) is 4.32. The fourth-order valence-electron chi connectivity index (χ4n) is 2.98. The van der Waals surface area contributed by atoms with Gasteiger partial charge in [0, 0.05) is 6.04 Å². The molecule has 2 aliphatic carbocycles. The van der Waals surface area contributed by atoms with E-state index in [1.54, 1.807) is 0 Å². The minimum Gasteiger partial charge on any atom is -0.313 e. The minimum absolute atomic E-state index is 0.826. The fraction of sp³-hybridized carbons (Fsp3) is 1.00. The summed E-state index contributed by atoms with van der Waals surface area (Å²) in [4.78, 5) is 0. The second-order valence-electron chi connectivity index (χ2n) is 5.71. The maximum atomic E-state index is 3.79. The minimum atomic E-state index is 0.826. The van der Waals surface area contributed by atoms with E-state index in [0.29, 0.717) is 0 Å². The molecule has 0 heterocycles. The van der Waals surface area contributed by atoms with Gasteiger partial charge in [0.1, 0.15) is 0 Å². The first-order chi connectivity index (χ1) is 6.75. The van der Waals surface area contributed by atoms with Crippen LogP contribution in [0, 0.1) is 17.8 Å². The molecule has 0 aromatic carbocycles. The second kappa shape index (κ2) is 4.65. The summed E-state index contributed by atoms with van der Waals surface area (Å²) in [6.07, 6.45) is 8.71. The topological polar surface area (TPSA) is 12.0 Å². The quantitative estimate of drug-likeness (QED) is 0.729. The third kappa shape index (κ3) is 2.50. The lowest BCUT2D eigenvalue weighted by atomic mass is 9.79. The number of hydrogen-bond acceptors (Lipinski definition) is 1. The van der Waals surface area contributed by atoms with Crippen LogP contribution in [0.5, 0.6) is 0 Å². The van der Waals surface area contributed by atoms with Crippen molar-refractivity contribution in [1.29, 1.82) is 0 Å². The predicted molar refractivity (Wildman–Crippen MR) is 61.3 cm³/mol. The van der Waals surface area contributed by atoms with Crippen molar-refractivity contribution in [3.63, 3.8) is 0 Å². The molecule has 3 atom stereocenters. The molecule has 3 unspecified atom stereocenters. The van der Waals surface area contributed by atoms with Crippen LogP contribution in [-0.4, -0.2) is 12.6 Å². The van der Waals surface area contributed by atoms with E-state index in [1.165, 1.54) is 45.1 Å². The van der Waals surface area contributed by atoms with Crippen molar-refractivity contribution in [2.24, 2.45) is 17.8 Å². The molecule has 2 fully saturated rings. The Kier molecular flexibility index (Phi) is 3.48. The van der Waals surface area contributed by atoms with Crippen LogP contribution in [0.2, 0.25) is 0 Å². The molecule has 14 heavy (non-hydrogen) atoms. The van der Waals surface area contributed by atoms with Crippen molar-refractivity contribution in [2.75, 3.05) is 6.54 Å². The van der Waals surface area contributed by atoms with Crippen molar-refractivity contribution in [3.8, 4) is 0 Å². The van der Waals surface area contributed by atoms with Crippen LogP contribution in [0.1, 0.15) is 52.4 Å². The number of rotatable bonds is 3. The van der Waals surface area contributed by atoms with E-state index in [4.69, 9.17) is 0 Å². The molecule has 0 bridgehead atoms. The van der Waals surface area contributed by atoms with Gasteiger partial charge in [0.05, 0.1) is 0 Å². The largest absolute Gasteiger partial charge is 0.313 e. The van der Waals surface area contributed by atoms with Crippen molar-refractivity contribution < 1.29 is 0 Å². The molecule has 2 aliphatic rings. The highest BCUT2D eigenvalue weighted by Crippen LogP contribution is 2.30. The van der Waals surface area contributed by atoms with Crippen LogP contribution in [0.4, 0.5) is 0 Å². The maximum absolute atomic E-state index is 3.79. The molecule has 0 radical (unpaired) electrons. The lowest BCUT2D eigenvalue weighted by molar-refractivity contribution is 0.204. The van der Waals surface area contributed by atoms with Gasteiger partial charge in [-0.05, 0) is 56.4 Å². The van der Waals surface area contributed by atoms with E-state index < -0.39 is 0 Å². The molecule has 1 heteroatoms. The second-order valence-corrected chi connectivity index (χ2v) is 5.71. The number of hydrogen-bond donors (Lipinski definition) is 1. The molecule has 2 saturated carbocycles. The number of nitrogens with one attached hydrogen (secondary N) is 1. The highest BCUT2D eigenvalue weighted by molar-refractivity contribution is 4.82. The monoisotopic (exact) mass is 195 g/mol. The van der Waals surface area contributed by atoms with Crippen LogP contribution in [-0.2, 0) is 0 Å². The molecule has 82 valence electrons. The summed E-state index contributed by atoms with van der Waals surface area (Å²) in [7, 11) is 0. The van der Waals surface area contributed by atoms with Gasteiger partial charge in [0.25, 0.3) is 0 Å². The Balaban J connectivity index is 1.68. The average molecular weight is 195 g/mol. The molecule has 1 N–H and O–H groups in total. The van der Waals surface area contributed by atoms with Crippen molar-refractivity contribution in [2.45, 2.75) is 58.4 Å². The molecule has 0 aromatic rings. The van der Waals surface area contributed by atoms with Gasteiger partial charge in [-0.3, -0.25) is 0 Å². The van der Waals surface area contributed by atoms with E-state index in [2.05, 4.69) is 19.2 Å². The average Bonchev–Trinajstić information content (AvgIpc) is 2.05. The Hall–Kier alpha value is -0.0400. The summed E-state index contributed by atoms with van der Waals surface area (Å²) in [6.45, 7) is 6.12. The molecule has 0 spiro atoms. The fourth-order valence-corrected chi connectivity index (χ4v) is 2.98. The van der Waals surface area contributed by atoms with Crippen molar-refractivity contribution in [3.05, 3.63) is 0 Å². The van der Waals surface area contributed by atoms with Crippen LogP contribution >= 0.6 is 0 Å². The SMILES string of the molecule is CC1CCC(NCC2CCC2)C(C)C1. The van der Waals surface area contributed by atoms with Gasteiger partial charge in [-0.15, -0.1) is 0 Å². The van der Waals surface area contributed by atoms with Gasteiger partial charge in [0.15, 0.2) is 0 Å². The van der Waals surface area contributed by atoms with E-state index in [-0.39, 0.29) is 0 Å². The van der Waals surface area contributed by atoms with Crippen molar-refractivity contribution >= 4 is 0 Å². The zero-order valence-corrected chi connectivity index (χ0v) is 9.76. The standard InChI is InChI=1S/C13H25N/c1-10-6-7-13(11(2)8-10)14-9-12-4-3-5-12/h10-14H,3-9H2,1-2H3. The lowest BCUT2D eigenvalue weighted by Crippen LogP contribution is -2.42. The first-order valence-electron chi connectivity index (χ1n) is 6.49. The molecule has 0 amide bonds. The maximum Gasteiger partial charge on any atom is 0.00930 e. The summed E-state index contributed by atoms with van der Waals surface area (Å²) >= 11 is 0. The molecular weight excluding hydrogens is 170 g/mol. The van der Waals surface area contributed by atoms with E-state index in [9.17, 15) is 0 Å². The smallest absolute Gasteiger partial charge is 0.00930 e. The summed E-state index contributed by atoms with van der Waals surface area (Å²) < 4.78 is 0. The van der Waals surface area contributed by atoms with Crippen LogP contribution in [0.25, 0.3) is 0 Å². The summed E-state index contributed by atoms with van der Waals surface area (Å²) in [6, 6.07) is 0.826. The Morgan fingerprint density at radius 2 is 1.86 bits per heavy atom. The van der Waals surface area contributed by atoms with Gasteiger partial charge in [-0.2, -0.15) is 0 Å². The Labute approximate surface area is 88.7 Å². The van der Waals surface area contributed by atoms with Gasteiger partial charge in [-0.1, -0.05) is 20.3 Å².